The lowest BCUT2D eigenvalue weighted by Gasteiger charge is -2.26. The maximum atomic E-state index is 12.1. The number of aryl methyl sites for hydroxylation is 1. The standard InChI is InChI=1S/C17H23NO4.C11H19NO5.C6H11NO3/c19-16(13-18-8-10-22-11-9-18)12-15(17(20)21)7-6-14-4-2-1-3-5-14;1-9(2)8-16-11(14)17-10(13)7-12-3-5-15-6-4-12;8-6(9)5-7-1-3-10-4-2-7/h1-5,15H,6-13H2,(H,20,21);9H,3-8H2,1-2H3;1-5H2,(H,8,9)/t15-;;/m1../s1. The number of carbonyl (C=O) groups excluding carboxylic acids is 3. The van der Waals surface area contributed by atoms with Gasteiger partial charge >= 0.3 is 24.1 Å². The Labute approximate surface area is 288 Å². The third-order valence-corrected chi connectivity index (χ3v) is 7.60. The van der Waals surface area contributed by atoms with Gasteiger partial charge in [-0.1, -0.05) is 44.2 Å². The van der Waals surface area contributed by atoms with Gasteiger partial charge in [0, 0.05) is 45.7 Å². The van der Waals surface area contributed by atoms with Crippen molar-refractivity contribution >= 4 is 29.8 Å². The summed E-state index contributed by atoms with van der Waals surface area (Å²) in [5, 5.41) is 17.7. The third kappa shape index (κ3) is 20.6. The molecule has 0 saturated carbocycles. The second-order valence-corrected chi connectivity index (χ2v) is 12.3. The highest BCUT2D eigenvalue weighted by Gasteiger charge is 2.23. The number of ether oxygens (including phenoxy) is 5. The first-order valence-corrected chi connectivity index (χ1v) is 16.8. The average Bonchev–Trinajstić information content (AvgIpc) is 3.07. The van der Waals surface area contributed by atoms with Gasteiger partial charge in [-0.3, -0.25) is 33.9 Å². The number of carboxylic acid groups (broad SMARTS) is 2. The fourth-order valence-corrected chi connectivity index (χ4v) is 4.93. The van der Waals surface area contributed by atoms with Crippen molar-refractivity contribution in [1.82, 2.24) is 14.7 Å². The Morgan fingerprint density at radius 3 is 1.69 bits per heavy atom. The van der Waals surface area contributed by atoms with E-state index in [0.717, 1.165) is 31.7 Å². The molecule has 49 heavy (non-hydrogen) atoms. The van der Waals surface area contributed by atoms with Crippen LogP contribution in [0.3, 0.4) is 0 Å². The number of hydrogen-bond acceptors (Lipinski definition) is 13. The van der Waals surface area contributed by atoms with Crippen LogP contribution in [0.5, 0.6) is 0 Å². The number of carboxylic acids is 2. The molecule has 15 heteroatoms. The molecule has 1 aromatic carbocycles. The molecule has 0 aromatic heterocycles. The molecule has 0 amide bonds. The summed E-state index contributed by atoms with van der Waals surface area (Å²) in [4.78, 5) is 61.9. The van der Waals surface area contributed by atoms with Crippen LogP contribution in [0, 0.1) is 11.8 Å². The minimum Gasteiger partial charge on any atom is -0.481 e. The second kappa shape index (κ2) is 24.6. The molecule has 3 fully saturated rings. The van der Waals surface area contributed by atoms with Gasteiger partial charge in [-0.2, -0.15) is 0 Å². The lowest BCUT2D eigenvalue weighted by molar-refractivity contribution is -0.144. The van der Waals surface area contributed by atoms with Crippen molar-refractivity contribution in [3.05, 3.63) is 35.9 Å². The zero-order valence-electron chi connectivity index (χ0n) is 28.8. The lowest BCUT2D eigenvalue weighted by Crippen LogP contribution is -2.40. The van der Waals surface area contributed by atoms with E-state index in [1.807, 2.05) is 58.9 Å². The van der Waals surface area contributed by atoms with E-state index < -0.39 is 30.0 Å². The van der Waals surface area contributed by atoms with Gasteiger partial charge in [-0.15, -0.1) is 0 Å². The molecule has 0 unspecified atom stereocenters. The molecule has 3 saturated heterocycles. The van der Waals surface area contributed by atoms with E-state index in [9.17, 15) is 29.1 Å². The zero-order chi connectivity index (χ0) is 35.9. The van der Waals surface area contributed by atoms with E-state index in [0.29, 0.717) is 72.1 Å². The summed E-state index contributed by atoms with van der Waals surface area (Å²) in [6.45, 7) is 12.8. The molecule has 1 atom stereocenters. The van der Waals surface area contributed by atoms with Crippen molar-refractivity contribution in [3.63, 3.8) is 0 Å². The van der Waals surface area contributed by atoms with Crippen LogP contribution in [0.2, 0.25) is 0 Å². The van der Waals surface area contributed by atoms with Gasteiger partial charge in [-0.05, 0) is 24.3 Å². The van der Waals surface area contributed by atoms with Gasteiger partial charge in [0.1, 0.15) is 5.78 Å². The lowest BCUT2D eigenvalue weighted by atomic mass is 9.94. The number of Topliss-reactive ketones (excluding diaryl/α,β-unsaturated/α-hetero) is 1. The van der Waals surface area contributed by atoms with E-state index in [1.165, 1.54) is 0 Å². The molecule has 0 radical (unpaired) electrons. The normalized spacial score (nSPS) is 17.8. The number of benzene rings is 1. The van der Waals surface area contributed by atoms with Crippen LogP contribution in [-0.2, 0) is 49.3 Å². The molecule has 15 nitrogen and oxygen atoms in total. The Morgan fingerprint density at radius 1 is 0.735 bits per heavy atom. The number of ketones is 1. The van der Waals surface area contributed by atoms with Gasteiger partial charge in [0.25, 0.3) is 0 Å². The maximum absolute atomic E-state index is 12.1. The third-order valence-electron chi connectivity index (χ3n) is 7.60. The summed E-state index contributed by atoms with van der Waals surface area (Å²) in [5.74, 6) is -2.61. The van der Waals surface area contributed by atoms with Crippen LogP contribution in [0.1, 0.15) is 32.3 Å². The maximum Gasteiger partial charge on any atom is 0.516 e. The van der Waals surface area contributed by atoms with Gasteiger partial charge in [0.2, 0.25) is 0 Å². The van der Waals surface area contributed by atoms with Crippen LogP contribution in [-0.4, -0.2) is 160 Å². The highest BCUT2D eigenvalue weighted by atomic mass is 16.7. The van der Waals surface area contributed by atoms with Crippen LogP contribution < -0.4 is 0 Å². The van der Waals surface area contributed by atoms with Gasteiger partial charge in [-0.25, -0.2) is 4.79 Å². The largest absolute Gasteiger partial charge is 0.516 e. The molecule has 0 bridgehead atoms. The Hall–Kier alpha value is -3.47. The van der Waals surface area contributed by atoms with Crippen molar-refractivity contribution < 1.29 is 57.9 Å². The molecule has 0 aliphatic carbocycles. The van der Waals surface area contributed by atoms with E-state index in [1.54, 1.807) is 0 Å². The zero-order valence-corrected chi connectivity index (χ0v) is 28.8. The van der Waals surface area contributed by atoms with Crippen molar-refractivity contribution in [2.45, 2.75) is 33.1 Å². The molecule has 3 aliphatic rings. The second-order valence-electron chi connectivity index (χ2n) is 12.3. The summed E-state index contributed by atoms with van der Waals surface area (Å²) in [7, 11) is 0. The summed E-state index contributed by atoms with van der Waals surface area (Å²) < 4.78 is 24.7. The Balaban J connectivity index is 0.000000273. The first-order valence-electron chi connectivity index (χ1n) is 16.8. The van der Waals surface area contributed by atoms with Crippen LogP contribution in [0.25, 0.3) is 0 Å². The van der Waals surface area contributed by atoms with E-state index in [-0.39, 0.29) is 37.8 Å². The summed E-state index contributed by atoms with van der Waals surface area (Å²) in [6.07, 6.45) is 0.369. The Morgan fingerprint density at radius 2 is 1.22 bits per heavy atom. The quantitative estimate of drug-likeness (QED) is 0.212. The number of aliphatic carboxylic acids is 2. The fourth-order valence-electron chi connectivity index (χ4n) is 4.93. The van der Waals surface area contributed by atoms with Crippen LogP contribution >= 0.6 is 0 Å². The monoisotopic (exact) mass is 695 g/mol. The molecule has 1 aromatic rings. The van der Waals surface area contributed by atoms with Crippen molar-refractivity contribution in [1.29, 1.82) is 0 Å². The first-order chi connectivity index (χ1) is 23.5. The molecule has 3 aliphatic heterocycles. The van der Waals surface area contributed by atoms with Gasteiger partial charge in [0.15, 0.2) is 0 Å². The summed E-state index contributed by atoms with van der Waals surface area (Å²) in [6, 6.07) is 9.77. The van der Waals surface area contributed by atoms with E-state index in [4.69, 9.17) is 24.1 Å². The number of carbonyl (C=O) groups is 5. The van der Waals surface area contributed by atoms with Crippen molar-refractivity contribution in [2.75, 3.05) is 105 Å². The smallest absolute Gasteiger partial charge is 0.481 e. The molecule has 276 valence electrons. The van der Waals surface area contributed by atoms with Crippen LogP contribution in [0.4, 0.5) is 4.79 Å². The van der Waals surface area contributed by atoms with Gasteiger partial charge < -0.3 is 33.9 Å². The van der Waals surface area contributed by atoms with E-state index >= 15 is 0 Å². The molecule has 2 N–H and O–H groups in total. The molecule has 0 spiro atoms. The Kier molecular flexibility index (Phi) is 21.0. The van der Waals surface area contributed by atoms with E-state index in [2.05, 4.69) is 4.74 Å². The van der Waals surface area contributed by atoms with Crippen molar-refractivity contribution in [2.24, 2.45) is 11.8 Å². The summed E-state index contributed by atoms with van der Waals surface area (Å²) >= 11 is 0. The molecule has 4 rings (SSSR count). The predicted molar refractivity (Wildman–Crippen MR) is 177 cm³/mol. The Bertz CT molecular complexity index is 1120. The number of morpholine rings is 3. The highest BCUT2D eigenvalue weighted by molar-refractivity contribution is 5.85. The fraction of sp³-hybridized carbons (Fsp3) is 0.676. The van der Waals surface area contributed by atoms with Crippen molar-refractivity contribution in [3.8, 4) is 0 Å². The number of nitrogens with zero attached hydrogens (tertiary/aromatic N) is 3. The molecular formula is C34H53N3O12. The number of esters is 1. The van der Waals surface area contributed by atoms with Gasteiger partial charge in [0.05, 0.1) is 71.8 Å². The molecule has 3 heterocycles. The average molecular weight is 696 g/mol. The number of hydrogen-bond donors (Lipinski definition) is 2. The minimum atomic E-state index is -0.919. The number of rotatable bonds is 14. The SMILES string of the molecule is CC(C)COC(=O)OC(=O)CN1CCOCC1.O=C(C[C@@H](CCc1ccccc1)C(=O)O)CN1CCOCC1.O=C(O)CN1CCOCC1. The predicted octanol–water partition coefficient (Wildman–Crippen LogP) is 1.67. The topological polar surface area (TPSA) is 182 Å². The molecular weight excluding hydrogens is 642 g/mol. The highest BCUT2D eigenvalue weighted by Crippen LogP contribution is 2.15. The minimum absolute atomic E-state index is 0.00219. The first kappa shape index (κ1) is 41.7. The van der Waals surface area contributed by atoms with Crippen LogP contribution in [0.15, 0.2) is 30.3 Å². The summed E-state index contributed by atoms with van der Waals surface area (Å²) in [5.41, 5.74) is 1.11.